The van der Waals surface area contributed by atoms with Crippen LogP contribution in [0, 0.1) is 10.1 Å². The van der Waals surface area contributed by atoms with Crippen molar-refractivity contribution in [3.63, 3.8) is 0 Å². The Morgan fingerprint density at radius 2 is 1.82 bits per heavy atom. The third-order valence-electron chi connectivity index (χ3n) is 6.64. The number of rotatable bonds is 5. The van der Waals surface area contributed by atoms with Crippen molar-refractivity contribution in [1.29, 1.82) is 0 Å². The standard InChI is InChI=1S/C25H21Cl2N3O4/c1-14-22(15-7-10-18(11-8-15)34-13-16-6-9-17(26)12-20(16)27)23(30(32)33)25(29-14)19-4-2-3-5-21(19)28-24(25)31/h2-12,14,22-23,29H,13H2,1H3,(H,28,31)/t14-,22-,23+,25-/m0/s1. The summed E-state index contributed by atoms with van der Waals surface area (Å²) in [7, 11) is 0. The Balaban J connectivity index is 1.42. The number of nitro groups is 1. The van der Waals surface area contributed by atoms with Crippen molar-refractivity contribution < 1.29 is 14.5 Å². The molecule has 1 saturated heterocycles. The zero-order valence-electron chi connectivity index (χ0n) is 18.1. The summed E-state index contributed by atoms with van der Waals surface area (Å²) < 4.78 is 5.85. The second-order valence-electron chi connectivity index (χ2n) is 8.59. The van der Waals surface area contributed by atoms with Crippen molar-refractivity contribution in [2.75, 3.05) is 5.32 Å². The van der Waals surface area contributed by atoms with E-state index in [-0.39, 0.29) is 17.6 Å². The molecule has 0 aliphatic carbocycles. The van der Waals surface area contributed by atoms with E-state index in [1.54, 1.807) is 54.6 Å². The van der Waals surface area contributed by atoms with Crippen molar-refractivity contribution in [3.05, 3.63) is 104 Å². The summed E-state index contributed by atoms with van der Waals surface area (Å²) in [6.07, 6.45) is 0. The lowest BCUT2D eigenvalue weighted by Gasteiger charge is -2.25. The van der Waals surface area contributed by atoms with Crippen LogP contribution in [0.1, 0.15) is 29.5 Å². The first-order valence-corrected chi connectivity index (χ1v) is 11.6. The summed E-state index contributed by atoms with van der Waals surface area (Å²) in [4.78, 5) is 25.1. The van der Waals surface area contributed by atoms with E-state index in [0.717, 1.165) is 11.1 Å². The number of halogens is 2. The van der Waals surface area contributed by atoms with Gasteiger partial charge < -0.3 is 10.1 Å². The van der Waals surface area contributed by atoms with Crippen LogP contribution >= 0.6 is 23.2 Å². The molecule has 0 unspecified atom stereocenters. The fraction of sp³-hybridized carbons (Fsp3) is 0.240. The smallest absolute Gasteiger partial charge is 0.256 e. The van der Waals surface area contributed by atoms with Gasteiger partial charge in [0.25, 0.3) is 11.9 Å². The zero-order valence-corrected chi connectivity index (χ0v) is 19.6. The van der Waals surface area contributed by atoms with Crippen molar-refractivity contribution in [3.8, 4) is 5.75 Å². The number of amides is 1. The lowest BCUT2D eigenvalue weighted by Crippen LogP contribution is -2.54. The number of anilines is 1. The highest BCUT2D eigenvalue weighted by Gasteiger charge is 2.67. The van der Waals surface area contributed by atoms with E-state index < -0.39 is 23.4 Å². The molecule has 2 aliphatic heterocycles. The summed E-state index contributed by atoms with van der Waals surface area (Å²) in [6.45, 7) is 2.13. The van der Waals surface area contributed by atoms with E-state index in [2.05, 4.69) is 10.6 Å². The molecule has 3 aromatic carbocycles. The Kier molecular flexibility index (Phi) is 5.72. The molecule has 1 fully saturated rings. The van der Waals surface area contributed by atoms with Crippen molar-refractivity contribution >= 4 is 34.8 Å². The average molecular weight is 498 g/mol. The molecule has 0 radical (unpaired) electrons. The van der Waals surface area contributed by atoms with E-state index in [0.29, 0.717) is 27.0 Å². The highest BCUT2D eigenvalue weighted by atomic mass is 35.5. The first kappa shape index (κ1) is 22.7. The zero-order chi connectivity index (χ0) is 24.0. The Morgan fingerprint density at radius 3 is 2.53 bits per heavy atom. The molecule has 7 nitrogen and oxygen atoms in total. The molecule has 2 aliphatic rings. The molecule has 5 rings (SSSR count). The van der Waals surface area contributed by atoms with Crippen LogP contribution in [0.25, 0.3) is 0 Å². The third-order valence-corrected chi connectivity index (χ3v) is 7.22. The third kappa shape index (κ3) is 3.60. The van der Waals surface area contributed by atoms with Gasteiger partial charge in [-0.3, -0.25) is 20.2 Å². The number of benzene rings is 3. The van der Waals surface area contributed by atoms with E-state index in [1.165, 1.54) is 0 Å². The Labute approximate surface area is 206 Å². The van der Waals surface area contributed by atoms with E-state index >= 15 is 0 Å². The minimum atomic E-state index is -1.43. The minimum absolute atomic E-state index is 0.258. The monoisotopic (exact) mass is 497 g/mol. The van der Waals surface area contributed by atoms with Crippen LogP contribution in [0.4, 0.5) is 5.69 Å². The normalized spacial score (nSPS) is 25.3. The van der Waals surface area contributed by atoms with E-state index in [9.17, 15) is 14.9 Å². The van der Waals surface area contributed by atoms with Gasteiger partial charge in [0.1, 0.15) is 12.4 Å². The number of para-hydroxylation sites is 1. The topological polar surface area (TPSA) is 93.5 Å². The van der Waals surface area contributed by atoms with Crippen molar-refractivity contribution in [2.45, 2.75) is 37.1 Å². The number of ether oxygens (including phenoxy) is 1. The molecule has 2 N–H and O–H groups in total. The van der Waals surface area contributed by atoms with Crippen LogP contribution in [0.2, 0.25) is 10.0 Å². The molecule has 2 heterocycles. The van der Waals surface area contributed by atoms with E-state index in [4.69, 9.17) is 27.9 Å². The maximum Gasteiger partial charge on any atom is 0.256 e. The summed E-state index contributed by atoms with van der Waals surface area (Å²) in [5, 5.41) is 19.5. The molecule has 3 aromatic rings. The molecule has 1 amide bonds. The van der Waals surface area contributed by atoms with Crippen molar-refractivity contribution in [2.24, 2.45) is 0 Å². The van der Waals surface area contributed by atoms with Gasteiger partial charge in [-0.05, 0) is 42.8 Å². The van der Waals surface area contributed by atoms with Crippen LogP contribution in [-0.4, -0.2) is 22.9 Å². The van der Waals surface area contributed by atoms with Crippen molar-refractivity contribution in [1.82, 2.24) is 5.32 Å². The van der Waals surface area contributed by atoms with E-state index in [1.807, 2.05) is 19.1 Å². The number of nitrogens with one attached hydrogen (secondary N) is 2. The Morgan fingerprint density at radius 1 is 1.09 bits per heavy atom. The molecule has 9 heteroatoms. The summed E-state index contributed by atoms with van der Waals surface area (Å²) in [5.41, 5.74) is 1.34. The van der Waals surface area contributed by atoms with Gasteiger partial charge >= 0.3 is 0 Å². The molecular weight excluding hydrogens is 477 g/mol. The van der Waals surface area contributed by atoms with Gasteiger partial charge in [0.15, 0.2) is 5.54 Å². The van der Waals surface area contributed by atoms with Crippen LogP contribution < -0.4 is 15.4 Å². The molecule has 174 valence electrons. The fourth-order valence-corrected chi connectivity index (χ4v) is 5.60. The van der Waals surface area contributed by atoms with Gasteiger partial charge in [-0.25, -0.2) is 0 Å². The molecular formula is C25H21Cl2N3O4. The maximum atomic E-state index is 13.1. The first-order valence-electron chi connectivity index (χ1n) is 10.8. The number of carbonyl (C=O) groups is 1. The van der Waals surface area contributed by atoms with Crippen LogP contribution in [0.3, 0.4) is 0 Å². The lowest BCUT2D eigenvalue weighted by molar-refractivity contribution is -0.532. The van der Waals surface area contributed by atoms with Gasteiger partial charge in [0, 0.05) is 37.8 Å². The SMILES string of the molecule is C[C@@H]1N[C@]2(C(=O)Nc3ccccc32)[C@H]([N+](=O)[O-])[C@@H]1c1ccc(OCc2ccc(Cl)cc2Cl)cc1. The molecule has 1 spiro atoms. The van der Waals surface area contributed by atoms with Gasteiger partial charge in [-0.1, -0.05) is 59.6 Å². The maximum absolute atomic E-state index is 13.1. The first-order chi connectivity index (χ1) is 16.3. The number of carbonyl (C=O) groups excluding carboxylic acids is 1. The molecule has 34 heavy (non-hydrogen) atoms. The molecule has 0 saturated carbocycles. The van der Waals surface area contributed by atoms with Crippen LogP contribution in [-0.2, 0) is 16.9 Å². The van der Waals surface area contributed by atoms with Crippen LogP contribution in [0.5, 0.6) is 5.75 Å². The molecule has 4 atom stereocenters. The number of hydrogen-bond donors (Lipinski definition) is 2. The highest BCUT2D eigenvalue weighted by Crippen LogP contribution is 2.49. The molecule has 0 aromatic heterocycles. The van der Waals surface area contributed by atoms with Gasteiger partial charge in [-0.15, -0.1) is 0 Å². The lowest BCUT2D eigenvalue weighted by atomic mass is 9.78. The van der Waals surface area contributed by atoms with Gasteiger partial charge in [0.05, 0.1) is 5.92 Å². The van der Waals surface area contributed by atoms with Gasteiger partial charge in [0.2, 0.25) is 0 Å². The largest absolute Gasteiger partial charge is 0.489 e. The van der Waals surface area contributed by atoms with Crippen LogP contribution in [0.15, 0.2) is 66.7 Å². The highest BCUT2D eigenvalue weighted by molar-refractivity contribution is 6.35. The predicted octanol–water partition coefficient (Wildman–Crippen LogP) is 5.14. The summed E-state index contributed by atoms with van der Waals surface area (Å²) in [5.74, 6) is -0.319. The molecule has 0 bridgehead atoms. The second kappa shape index (κ2) is 8.58. The number of fused-ring (bicyclic) bond motifs is 2. The number of hydrogen-bond acceptors (Lipinski definition) is 5. The average Bonchev–Trinajstić information content (AvgIpc) is 3.27. The predicted molar refractivity (Wildman–Crippen MR) is 130 cm³/mol. The summed E-state index contributed by atoms with van der Waals surface area (Å²) in [6, 6.07) is 18.0. The number of nitrogens with zero attached hydrogens (tertiary/aromatic N) is 1. The Hall–Kier alpha value is -3.13. The quantitative estimate of drug-likeness (QED) is 0.375. The second-order valence-corrected chi connectivity index (χ2v) is 9.43. The Bertz CT molecular complexity index is 1280. The summed E-state index contributed by atoms with van der Waals surface area (Å²) >= 11 is 12.1. The van der Waals surface area contributed by atoms with Gasteiger partial charge in [-0.2, -0.15) is 0 Å². The fourth-order valence-electron chi connectivity index (χ4n) is 5.14. The minimum Gasteiger partial charge on any atom is -0.489 e.